The quantitative estimate of drug-likeness (QED) is 0.803. The molecule has 0 saturated carbocycles. The molecular weight excluding hydrogens is 197 g/mol. The van der Waals surface area contributed by atoms with E-state index in [-0.39, 0.29) is 5.56 Å². The Bertz CT molecular complexity index is 320. The first-order valence-corrected chi connectivity index (χ1v) is 3.84. The summed E-state index contributed by atoms with van der Waals surface area (Å²) in [4.78, 5) is 0. The van der Waals surface area contributed by atoms with Crippen molar-refractivity contribution in [1.29, 1.82) is 0 Å². The van der Waals surface area contributed by atoms with Crippen LogP contribution in [0.2, 0.25) is 0 Å². The Morgan fingerprint density at radius 2 is 2.00 bits per heavy atom. The molecule has 1 aromatic rings. The third kappa shape index (κ3) is 2.17. The van der Waals surface area contributed by atoms with Gasteiger partial charge >= 0.3 is 6.18 Å². The Morgan fingerprint density at radius 1 is 1.36 bits per heavy atom. The summed E-state index contributed by atoms with van der Waals surface area (Å²) in [5, 5.41) is 8.75. The zero-order valence-corrected chi connectivity index (χ0v) is 7.43. The SMILES string of the molecule is COc1ccc(C(F)(F)F)c(CO)c1. The highest BCUT2D eigenvalue weighted by Gasteiger charge is 2.33. The molecule has 0 bridgehead atoms. The second kappa shape index (κ2) is 3.88. The van der Waals surface area contributed by atoms with Gasteiger partial charge in [-0.1, -0.05) is 0 Å². The molecule has 1 rings (SSSR count). The summed E-state index contributed by atoms with van der Waals surface area (Å²) in [6.07, 6.45) is -4.44. The first-order valence-electron chi connectivity index (χ1n) is 3.84. The molecule has 0 spiro atoms. The lowest BCUT2D eigenvalue weighted by Crippen LogP contribution is -2.09. The van der Waals surface area contributed by atoms with E-state index in [4.69, 9.17) is 9.84 Å². The van der Waals surface area contributed by atoms with E-state index in [9.17, 15) is 13.2 Å². The minimum Gasteiger partial charge on any atom is -0.497 e. The average Bonchev–Trinajstić information content (AvgIpc) is 2.15. The highest BCUT2D eigenvalue weighted by Crippen LogP contribution is 2.33. The minimum atomic E-state index is -4.44. The predicted octanol–water partition coefficient (Wildman–Crippen LogP) is 2.21. The lowest BCUT2D eigenvalue weighted by molar-refractivity contribution is -0.138. The smallest absolute Gasteiger partial charge is 0.416 e. The van der Waals surface area contributed by atoms with Gasteiger partial charge in [-0.05, 0) is 23.8 Å². The minimum absolute atomic E-state index is 0.183. The van der Waals surface area contributed by atoms with Crippen molar-refractivity contribution in [1.82, 2.24) is 0 Å². The second-order valence-corrected chi connectivity index (χ2v) is 2.68. The Hall–Kier alpha value is -1.23. The van der Waals surface area contributed by atoms with Crippen molar-refractivity contribution >= 4 is 0 Å². The molecule has 2 nitrogen and oxygen atoms in total. The summed E-state index contributed by atoms with van der Waals surface area (Å²) in [7, 11) is 1.35. The van der Waals surface area contributed by atoms with Crippen molar-refractivity contribution < 1.29 is 23.0 Å². The summed E-state index contributed by atoms with van der Waals surface area (Å²) in [6.45, 7) is -0.661. The van der Waals surface area contributed by atoms with Gasteiger partial charge in [-0.15, -0.1) is 0 Å². The standard InChI is InChI=1S/C9H9F3O2/c1-14-7-2-3-8(9(10,11)12)6(4-7)5-13/h2-4,13H,5H2,1H3. The van der Waals surface area contributed by atoms with E-state index >= 15 is 0 Å². The van der Waals surface area contributed by atoms with E-state index in [1.807, 2.05) is 0 Å². The topological polar surface area (TPSA) is 29.5 Å². The summed E-state index contributed by atoms with van der Waals surface area (Å²) in [5.41, 5.74) is -1.02. The van der Waals surface area contributed by atoms with Gasteiger partial charge in [-0.2, -0.15) is 13.2 Å². The Morgan fingerprint density at radius 3 is 2.43 bits per heavy atom. The molecule has 14 heavy (non-hydrogen) atoms. The van der Waals surface area contributed by atoms with Crippen molar-refractivity contribution in [3.05, 3.63) is 29.3 Å². The Kier molecular flexibility index (Phi) is 3.00. The first kappa shape index (κ1) is 10.8. The number of hydrogen-bond donors (Lipinski definition) is 1. The molecular formula is C9H9F3O2. The molecule has 0 amide bonds. The van der Waals surface area contributed by atoms with Crippen LogP contribution in [0.1, 0.15) is 11.1 Å². The number of halogens is 3. The molecule has 1 N–H and O–H groups in total. The molecule has 78 valence electrons. The van der Waals surface area contributed by atoms with Crippen LogP contribution in [0.3, 0.4) is 0 Å². The maximum Gasteiger partial charge on any atom is 0.416 e. The number of aliphatic hydroxyl groups excluding tert-OH is 1. The molecule has 0 aliphatic heterocycles. The van der Waals surface area contributed by atoms with Gasteiger partial charge in [0.15, 0.2) is 0 Å². The monoisotopic (exact) mass is 206 g/mol. The number of benzene rings is 1. The number of alkyl halides is 3. The van der Waals surface area contributed by atoms with E-state index in [1.165, 1.54) is 19.2 Å². The molecule has 0 heterocycles. The molecule has 0 aromatic heterocycles. The molecule has 0 aliphatic carbocycles. The highest BCUT2D eigenvalue weighted by molar-refractivity contribution is 5.36. The third-order valence-electron chi connectivity index (χ3n) is 1.79. The second-order valence-electron chi connectivity index (χ2n) is 2.68. The van der Waals surface area contributed by atoms with Gasteiger partial charge < -0.3 is 9.84 Å². The largest absolute Gasteiger partial charge is 0.497 e. The van der Waals surface area contributed by atoms with Crippen LogP contribution in [-0.2, 0) is 12.8 Å². The van der Waals surface area contributed by atoms with E-state index in [1.54, 1.807) is 0 Å². The Balaban J connectivity index is 3.18. The van der Waals surface area contributed by atoms with Crippen LogP contribution in [0.4, 0.5) is 13.2 Å². The third-order valence-corrected chi connectivity index (χ3v) is 1.79. The molecule has 0 radical (unpaired) electrons. The Labute approximate surface area is 78.9 Å². The molecule has 0 atom stereocenters. The number of rotatable bonds is 2. The molecule has 0 unspecified atom stereocenters. The highest BCUT2D eigenvalue weighted by atomic mass is 19.4. The zero-order valence-electron chi connectivity index (χ0n) is 7.43. The lowest BCUT2D eigenvalue weighted by Gasteiger charge is -2.12. The summed E-state index contributed by atoms with van der Waals surface area (Å²) >= 11 is 0. The number of ether oxygens (including phenoxy) is 1. The van der Waals surface area contributed by atoms with Crippen LogP contribution in [0, 0.1) is 0 Å². The van der Waals surface area contributed by atoms with Gasteiger partial charge in [0.25, 0.3) is 0 Å². The van der Waals surface area contributed by atoms with Gasteiger partial charge in [-0.3, -0.25) is 0 Å². The van der Waals surface area contributed by atoms with Gasteiger partial charge in [-0.25, -0.2) is 0 Å². The lowest BCUT2D eigenvalue weighted by atomic mass is 10.1. The van der Waals surface area contributed by atoms with Gasteiger partial charge in [0.1, 0.15) is 5.75 Å². The van der Waals surface area contributed by atoms with Crippen molar-refractivity contribution in [2.75, 3.05) is 7.11 Å². The zero-order chi connectivity index (χ0) is 10.8. The van der Waals surface area contributed by atoms with E-state index in [0.717, 1.165) is 6.07 Å². The number of hydrogen-bond acceptors (Lipinski definition) is 2. The van der Waals surface area contributed by atoms with E-state index < -0.39 is 18.3 Å². The summed E-state index contributed by atoms with van der Waals surface area (Å²) < 4.78 is 41.7. The molecule has 0 saturated heterocycles. The molecule has 5 heteroatoms. The van der Waals surface area contributed by atoms with E-state index in [0.29, 0.717) is 5.75 Å². The van der Waals surface area contributed by atoms with Gasteiger partial charge in [0.2, 0.25) is 0 Å². The predicted molar refractivity (Wildman–Crippen MR) is 43.9 cm³/mol. The number of aliphatic hydroxyl groups is 1. The van der Waals surface area contributed by atoms with Crippen LogP contribution in [0.25, 0.3) is 0 Å². The molecule has 0 aliphatic rings. The van der Waals surface area contributed by atoms with Gasteiger partial charge in [0, 0.05) is 0 Å². The van der Waals surface area contributed by atoms with Crippen molar-refractivity contribution in [2.45, 2.75) is 12.8 Å². The normalized spacial score (nSPS) is 11.5. The average molecular weight is 206 g/mol. The van der Waals surface area contributed by atoms with Crippen molar-refractivity contribution in [2.24, 2.45) is 0 Å². The van der Waals surface area contributed by atoms with Crippen LogP contribution < -0.4 is 4.74 Å². The molecule has 1 aromatic carbocycles. The summed E-state index contributed by atoms with van der Waals surface area (Å²) in [6, 6.07) is 3.27. The van der Waals surface area contributed by atoms with Crippen LogP contribution in [0.15, 0.2) is 18.2 Å². The molecule has 0 fully saturated rings. The maximum atomic E-state index is 12.3. The van der Waals surface area contributed by atoms with Crippen molar-refractivity contribution in [3.63, 3.8) is 0 Å². The van der Waals surface area contributed by atoms with Crippen molar-refractivity contribution in [3.8, 4) is 5.75 Å². The fourth-order valence-electron chi connectivity index (χ4n) is 1.10. The summed E-state index contributed by atoms with van der Waals surface area (Å²) in [5.74, 6) is 0.294. The van der Waals surface area contributed by atoms with Crippen LogP contribution in [0.5, 0.6) is 5.75 Å². The number of methoxy groups -OCH3 is 1. The fraction of sp³-hybridized carbons (Fsp3) is 0.333. The first-order chi connectivity index (χ1) is 6.49. The van der Waals surface area contributed by atoms with Crippen LogP contribution in [-0.4, -0.2) is 12.2 Å². The van der Waals surface area contributed by atoms with Gasteiger partial charge in [0.05, 0.1) is 19.3 Å². The maximum absolute atomic E-state index is 12.3. The van der Waals surface area contributed by atoms with Crippen LogP contribution >= 0.6 is 0 Å². The van der Waals surface area contributed by atoms with E-state index in [2.05, 4.69) is 0 Å². The fourth-order valence-corrected chi connectivity index (χ4v) is 1.10.